The third kappa shape index (κ3) is 5.81. The van der Waals surface area contributed by atoms with Gasteiger partial charge in [-0.2, -0.15) is 0 Å². The zero-order chi connectivity index (χ0) is 21.7. The van der Waals surface area contributed by atoms with Crippen LogP contribution in [0.5, 0.6) is 5.75 Å². The maximum Gasteiger partial charge on any atom is 0.573 e. The smallest absolute Gasteiger partial charge is 0.453 e. The predicted octanol–water partition coefficient (Wildman–Crippen LogP) is 2.88. The van der Waals surface area contributed by atoms with Crippen LogP contribution < -0.4 is 21.7 Å². The van der Waals surface area contributed by atoms with Crippen molar-refractivity contribution >= 4 is 17.7 Å². The molecule has 1 heterocycles. The van der Waals surface area contributed by atoms with Gasteiger partial charge in [0.15, 0.2) is 5.70 Å². The van der Waals surface area contributed by atoms with Crippen molar-refractivity contribution in [2.24, 2.45) is 11.6 Å². The Morgan fingerprint density at radius 3 is 2.10 bits per heavy atom. The van der Waals surface area contributed by atoms with Gasteiger partial charge in [-0.05, 0) is 35.4 Å². The van der Waals surface area contributed by atoms with Crippen molar-refractivity contribution in [1.82, 2.24) is 5.43 Å². The molecule has 30 heavy (non-hydrogen) atoms. The summed E-state index contributed by atoms with van der Waals surface area (Å²) in [7, 11) is 0. The van der Waals surface area contributed by atoms with Crippen LogP contribution in [0.25, 0.3) is 11.1 Å². The number of thioether (sulfide) groups is 1. The highest BCUT2D eigenvalue weighted by molar-refractivity contribution is 8.03. The van der Waals surface area contributed by atoms with Crippen LogP contribution in [0.3, 0.4) is 0 Å². The number of carbonyl (C=O) groups excluding carboxylic acids is 1. The van der Waals surface area contributed by atoms with Crippen molar-refractivity contribution in [3.05, 3.63) is 59.3 Å². The van der Waals surface area contributed by atoms with Crippen molar-refractivity contribution in [1.29, 1.82) is 0 Å². The Morgan fingerprint density at radius 2 is 1.63 bits per heavy atom. The molecule has 0 atom stereocenters. The molecule has 1 fully saturated rings. The fourth-order valence-electron chi connectivity index (χ4n) is 2.47. The molecule has 0 amide bonds. The van der Waals surface area contributed by atoms with E-state index in [1.165, 1.54) is 24.3 Å². The van der Waals surface area contributed by atoms with Crippen LogP contribution in [0.1, 0.15) is 0 Å². The van der Waals surface area contributed by atoms with Gasteiger partial charge in [-0.3, -0.25) is 5.84 Å². The number of hydrazine groups is 1. The lowest BCUT2D eigenvalue weighted by atomic mass is 10.1. The first-order chi connectivity index (χ1) is 14.2. The topological polar surface area (TPSA) is 109 Å². The van der Waals surface area contributed by atoms with Crippen molar-refractivity contribution < 1.29 is 32.2 Å². The number of rotatable bonds is 7. The minimum absolute atomic E-state index is 0.0590. The van der Waals surface area contributed by atoms with E-state index in [2.05, 4.69) is 10.2 Å². The molecule has 1 saturated heterocycles. The average Bonchev–Trinajstić information content (AvgIpc) is 2.65. The summed E-state index contributed by atoms with van der Waals surface area (Å²) in [5, 5.41) is 0.129. The van der Waals surface area contributed by atoms with E-state index in [0.29, 0.717) is 18.8 Å². The molecular weight excluding hydrogens is 423 g/mol. The number of benzene rings is 2. The van der Waals surface area contributed by atoms with Gasteiger partial charge < -0.3 is 25.4 Å². The number of hydrogen-bond acceptors (Lipinski definition) is 8. The number of alkyl halides is 3. The molecule has 0 saturated carbocycles. The molecule has 0 aromatic heterocycles. The summed E-state index contributed by atoms with van der Waals surface area (Å²) < 4.78 is 50.7. The molecule has 3 rings (SSSR count). The number of hydrogen-bond donors (Lipinski definition) is 3. The fraction of sp³-hybridized carbons (Fsp3) is 0.211. The minimum atomic E-state index is -4.73. The van der Waals surface area contributed by atoms with E-state index < -0.39 is 12.3 Å². The molecule has 2 aromatic carbocycles. The average molecular weight is 441 g/mol. The largest absolute Gasteiger partial charge is 0.573 e. The quantitative estimate of drug-likeness (QED) is 0.198. The number of carbonyl (C=O) groups is 1. The summed E-state index contributed by atoms with van der Waals surface area (Å²) in [5.41, 5.74) is 9.66. The third-order valence-corrected chi connectivity index (χ3v) is 4.91. The van der Waals surface area contributed by atoms with E-state index in [4.69, 9.17) is 21.1 Å². The van der Waals surface area contributed by atoms with Gasteiger partial charge in [-0.1, -0.05) is 36.0 Å². The molecule has 1 aliphatic heterocycles. The Morgan fingerprint density at radius 1 is 1.07 bits per heavy atom. The molecule has 7 nitrogen and oxygen atoms in total. The Balaban J connectivity index is 1.66. The molecule has 0 bridgehead atoms. The van der Waals surface area contributed by atoms with Crippen molar-refractivity contribution in [2.75, 3.05) is 13.2 Å². The lowest BCUT2D eigenvalue weighted by Crippen LogP contribution is -2.40. The van der Waals surface area contributed by atoms with Crippen LogP contribution >= 0.6 is 11.8 Å². The van der Waals surface area contributed by atoms with E-state index in [1.54, 1.807) is 24.3 Å². The summed E-state index contributed by atoms with van der Waals surface area (Å²) in [6, 6.07) is 12.6. The van der Waals surface area contributed by atoms with Crippen LogP contribution in [0.4, 0.5) is 13.2 Å². The molecule has 0 unspecified atom stereocenters. The monoisotopic (exact) mass is 441 g/mol. The SMILES string of the molecule is NN/C(C(=O)OC1COC1)=C(\N)Sc1ccc(-c2ccc(OC(F)(F)F)cc2)cc1. The van der Waals surface area contributed by atoms with E-state index in [-0.39, 0.29) is 22.6 Å². The first-order valence-corrected chi connectivity index (χ1v) is 9.46. The molecule has 1 aliphatic rings. The van der Waals surface area contributed by atoms with E-state index in [9.17, 15) is 18.0 Å². The zero-order valence-electron chi connectivity index (χ0n) is 15.4. The van der Waals surface area contributed by atoms with Gasteiger partial charge in [0, 0.05) is 4.90 Å². The first kappa shape index (κ1) is 21.8. The molecule has 0 aliphatic carbocycles. The summed E-state index contributed by atoms with van der Waals surface area (Å²) in [6.45, 7) is 0.669. The maximum absolute atomic E-state index is 12.2. The van der Waals surface area contributed by atoms with Gasteiger partial charge >= 0.3 is 12.3 Å². The normalized spacial score (nSPS) is 15.1. The highest BCUT2D eigenvalue weighted by Crippen LogP contribution is 2.30. The Labute approximate surface area is 174 Å². The number of ether oxygens (including phenoxy) is 3. The molecule has 160 valence electrons. The van der Waals surface area contributed by atoms with Gasteiger partial charge in [0.2, 0.25) is 0 Å². The van der Waals surface area contributed by atoms with Crippen LogP contribution in [0, 0.1) is 0 Å². The van der Waals surface area contributed by atoms with Gasteiger partial charge in [-0.15, -0.1) is 13.2 Å². The zero-order valence-corrected chi connectivity index (χ0v) is 16.3. The first-order valence-electron chi connectivity index (χ1n) is 8.64. The second kappa shape index (κ2) is 9.28. The standard InChI is InChI=1S/C19H18F3N3O4S/c20-19(21,22)29-13-5-1-11(2-6-13)12-3-7-15(8-4-12)30-17(23)16(25-24)18(26)28-14-9-27-10-14/h1-8,14,25H,9-10,23-24H2/b17-16+. The van der Waals surface area contributed by atoms with Crippen molar-refractivity contribution in [2.45, 2.75) is 17.4 Å². The number of esters is 1. The van der Waals surface area contributed by atoms with Gasteiger partial charge in [-0.25, -0.2) is 4.79 Å². The third-order valence-electron chi connectivity index (χ3n) is 3.98. The lowest BCUT2D eigenvalue weighted by Gasteiger charge is -2.26. The number of halogens is 3. The van der Waals surface area contributed by atoms with Crippen LogP contribution in [-0.2, 0) is 14.3 Å². The highest BCUT2D eigenvalue weighted by atomic mass is 32.2. The number of nitrogens with two attached hydrogens (primary N) is 2. The fourth-order valence-corrected chi connectivity index (χ4v) is 3.24. The predicted molar refractivity (Wildman–Crippen MR) is 104 cm³/mol. The van der Waals surface area contributed by atoms with E-state index >= 15 is 0 Å². The summed E-state index contributed by atoms with van der Waals surface area (Å²) in [6.07, 6.45) is -5.05. The Hall–Kier alpha value is -2.89. The molecular formula is C19H18F3N3O4S. The molecule has 11 heteroatoms. The van der Waals surface area contributed by atoms with E-state index in [0.717, 1.165) is 22.2 Å². The minimum Gasteiger partial charge on any atom is -0.453 e. The maximum atomic E-state index is 12.2. The Kier molecular flexibility index (Phi) is 6.75. The second-order valence-corrected chi connectivity index (χ2v) is 7.26. The van der Waals surface area contributed by atoms with Crippen molar-refractivity contribution in [3.8, 4) is 16.9 Å². The van der Waals surface area contributed by atoms with Gasteiger partial charge in [0.05, 0.1) is 13.2 Å². The van der Waals surface area contributed by atoms with Crippen LogP contribution in [0.2, 0.25) is 0 Å². The summed E-state index contributed by atoms with van der Waals surface area (Å²) in [5.74, 6) is 4.43. The summed E-state index contributed by atoms with van der Waals surface area (Å²) >= 11 is 1.11. The highest BCUT2D eigenvalue weighted by Gasteiger charge is 2.31. The summed E-state index contributed by atoms with van der Waals surface area (Å²) in [4.78, 5) is 12.8. The molecule has 0 spiro atoms. The van der Waals surface area contributed by atoms with Crippen LogP contribution in [0.15, 0.2) is 64.2 Å². The molecule has 2 aromatic rings. The second-order valence-electron chi connectivity index (χ2n) is 6.15. The number of nitrogens with one attached hydrogen (secondary N) is 1. The van der Waals surface area contributed by atoms with E-state index in [1.807, 2.05) is 0 Å². The molecule has 5 N–H and O–H groups in total. The Bertz CT molecular complexity index is 914. The molecule has 0 radical (unpaired) electrons. The van der Waals surface area contributed by atoms with Crippen molar-refractivity contribution in [3.63, 3.8) is 0 Å². The van der Waals surface area contributed by atoms with Gasteiger partial charge in [0.1, 0.15) is 16.9 Å². The van der Waals surface area contributed by atoms with Gasteiger partial charge in [0.25, 0.3) is 0 Å². The van der Waals surface area contributed by atoms with Crippen LogP contribution in [-0.4, -0.2) is 31.6 Å². The lowest BCUT2D eigenvalue weighted by molar-refractivity contribution is -0.274.